The standard InChI is InChI=1S/C35H38BrN3O5S/c1-35(2,3)37-34(41)32(22-26-13-7-5-8-14-26)38(24-27-15-11-18-30(21-27)44-4)33(40)25-39(29-17-12-16-28(36)23-29)45(42,43)31-19-9-6-10-20-31/h5-21,23,32H,22,24-25H2,1-4H3,(H,37,41)/t32-/m0/s1. The highest BCUT2D eigenvalue weighted by atomic mass is 79.9. The number of nitrogens with one attached hydrogen (secondary N) is 1. The summed E-state index contributed by atoms with van der Waals surface area (Å²) in [6.45, 7) is 5.13. The number of carbonyl (C=O) groups is 2. The van der Waals surface area contributed by atoms with E-state index in [2.05, 4.69) is 21.2 Å². The van der Waals surface area contributed by atoms with Crippen LogP contribution in [-0.2, 0) is 32.6 Å². The van der Waals surface area contributed by atoms with Gasteiger partial charge in [0.2, 0.25) is 11.8 Å². The van der Waals surface area contributed by atoms with Gasteiger partial charge in [-0.1, -0.05) is 82.7 Å². The third-order valence-electron chi connectivity index (χ3n) is 6.96. The molecule has 0 saturated carbocycles. The summed E-state index contributed by atoms with van der Waals surface area (Å²) in [7, 11) is -2.62. The van der Waals surface area contributed by atoms with Crippen molar-refractivity contribution in [2.24, 2.45) is 0 Å². The number of sulfonamides is 1. The lowest BCUT2D eigenvalue weighted by molar-refractivity contribution is -0.140. The molecule has 0 bridgehead atoms. The van der Waals surface area contributed by atoms with Crippen molar-refractivity contribution in [3.05, 3.63) is 125 Å². The summed E-state index contributed by atoms with van der Waals surface area (Å²) in [5.41, 5.74) is 1.32. The van der Waals surface area contributed by atoms with Crippen molar-refractivity contribution < 1.29 is 22.7 Å². The number of nitrogens with zero attached hydrogens (tertiary/aromatic N) is 2. The molecule has 2 amide bonds. The Morgan fingerprint density at radius 3 is 2.09 bits per heavy atom. The second-order valence-electron chi connectivity index (χ2n) is 11.6. The minimum absolute atomic E-state index is 0.0444. The molecule has 0 unspecified atom stereocenters. The zero-order valence-electron chi connectivity index (χ0n) is 25.8. The van der Waals surface area contributed by atoms with E-state index in [0.717, 1.165) is 15.4 Å². The van der Waals surface area contributed by atoms with Gasteiger partial charge < -0.3 is 15.0 Å². The molecule has 45 heavy (non-hydrogen) atoms. The van der Waals surface area contributed by atoms with E-state index in [4.69, 9.17) is 4.74 Å². The van der Waals surface area contributed by atoms with E-state index in [9.17, 15) is 18.0 Å². The molecule has 0 saturated heterocycles. The van der Waals surface area contributed by atoms with Crippen LogP contribution >= 0.6 is 15.9 Å². The molecular formula is C35H38BrN3O5S. The second kappa shape index (κ2) is 14.8. The van der Waals surface area contributed by atoms with Crippen molar-refractivity contribution in [1.29, 1.82) is 0 Å². The Hall–Kier alpha value is -4.15. The number of carbonyl (C=O) groups excluding carboxylic acids is 2. The molecule has 1 atom stereocenters. The molecule has 1 N–H and O–H groups in total. The number of hydrogen-bond donors (Lipinski definition) is 1. The number of amides is 2. The fourth-order valence-electron chi connectivity index (χ4n) is 4.85. The normalized spacial score (nSPS) is 12.2. The number of rotatable bonds is 12. The maximum Gasteiger partial charge on any atom is 0.264 e. The van der Waals surface area contributed by atoms with Gasteiger partial charge in [-0.05, 0) is 74.4 Å². The first-order chi connectivity index (χ1) is 21.4. The monoisotopic (exact) mass is 691 g/mol. The van der Waals surface area contributed by atoms with Gasteiger partial charge in [-0.2, -0.15) is 0 Å². The van der Waals surface area contributed by atoms with E-state index in [1.165, 1.54) is 17.0 Å². The van der Waals surface area contributed by atoms with Gasteiger partial charge in [-0.3, -0.25) is 13.9 Å². The average molecular weight is 693 g/mol. The van der Waals surface area contributed by atoms with E-state index >= 15 is 0 Å². The van der Waals surface area contributed by atoms with Crippen LogP contribution in [0.5, 0.6) is 5.75 Å². The lowest BCUT2D eigenvalue weighted by Crippen LogP contribution is -2.56. The van der Waals surface area contributed by atoms with Crippen LogP contribution in [-0.4, -0.2) is 50.4 Å². The molecule has 4 rings (SSSR count). The highest BCUT2D eigenvalue weighted by Gasteiger charge is 2.35. The predicted octanol–water partition coefficient (Wildman–Crippen LogP) is 6.21. The topological polar surface area (TPSA) is 96.0 Å². The van der Waals surface area contributed by atoms with Gasteiger partial charge in [-0.25, -0.2) is 8.42 Å². The first kappa shape index (κ1) is 33.7. The number of ether oxygens (including phenoxy) is 1. The maximum absolute atomic E-state index is 14.5. The maximum atomic E-state index is 14.5. The molecule has 0 fully saturated rings. The summed E-state index contributed by atoms with van der Waals surface area (Å²) >= 11 is 3.43. The number of benzene rings is 4. The van der Waals surface area contributed by atoms with E-state index in [-0.39, 0.29) is 23.8 Å². The molecule has 8 nitrogen and oxygen atoms in total. The molecule has 10 heteroatoms. The van der Waals surface area contributed by atoms with E-state index in [1.54, 1.807) is 61.7 Å². The molecule has 0 aliphatic heterocycles. The Kier molecular flexibility index (Phi) is 11.1. The zero-order valence-corrected chi connectivity index (χ0v) is 28.2. The van der Waals surface area contributed by atoms with Gasteiger partial charge in [0.05, 0.1) is 17.7 Å². The number of anilines is 1. The number of methoxy groups -OCH3 is 1. The summed E-state index contributed by atoms with van der Waals surface area (Å²) in [5.74, 6) is -0.286. The Morgan fingerprint density at radius 1 is 0.844 bits per heavy atom. The van der Waals surface area contributed by atoms with Crippen LogP contribution in [0.15, 0.2) is 119 Å². The minimum Gasteiger partial charge on any atom is -0.497 e. The van der Waals surface area contributed by atoms with Gasteiger partial charge in [-0.15, -0.1) is 0 Å². The van der Waals surface area contributed by atoms with E-state index < -0.39 is 34.1 Å². The fraction of sp³-hybridized carbons (Fsp3) is 0.257. The van der Waals surface area contributed by atoms with Crippen LogP contribution in [0, 0.1) is 0 Å². The van der Waals surface area contributed by atoms with Crippen LogP contribution in [0.2, 0.25) is 0 Å². The average Bonchev–Trinajstić information content (AvgIpc) is 3.01. The Balaban J connectivity index is 1.82. The van der Waals surface area contributed by atoms with Crippen LogP contribution in [0.25, 0.3) is 0 Å². The summed E-state index contributed by atoms with van der Waals surface area (Å²) < 4.78 is 35.3. The van der Waals surface area contributed by atoms with Crippen molar-refractivity contribution in [2.45, 2.75) is 50.2 Å². The van der Waals surface area contributed by atoms with Crippen LogP contribution in [0.4, 0.5) is 5.69 Å². The van der Waals surface area contributed by atoms with E-state index in [0.29, 0.717) is 15.9 Å². The largest absolute Gasteiger partial charge is 0.497 e. The van der Waals surface area contributed by atoms with Crippen molar-refractivity contribution in [2.75, 3.05) is 18.0 Å². The molecule has 0 aliphatic carbocycles. The Morgan fingerprint density at radius 2 is 1.47 bits per heavy atom. The zero-order chi connectivity index (χ0) is 32.6. The highest BCUT2D eigenvalue weighted by molar-refractivity contribution is 9.10. The number of halogens is 1. The third-order valence-corrected chi connectivity index (χ3v) is 9.24. The summed E-state index contributed by atoms with van der Waals surface area (Å²) in [4.78, 5) is 30.0. The number of hydrogen-bond acceptors (Lipinski definition) is 5. The summed E-state index contributed by atoms with van der Waals surface area (Å²) in [5, 5.41) is 3.04. The van der Waals surface area contributed by atoms with Crippen LogP contribution in [0.3, 0.4) is 0 Å². The summed E-state index contributed by atoms with van der Waals surface area (Å²) in [6, 6.07) is 30.5. The van der Waals surface area contributed by atoms with E-state index in [1.807, 2.05) is 63.2 Å². The molecular weight excluding hydrogens is 654 g/mol. The highest BCUT2D eigenvalue weighted by Crippen LogP contribution is 2.27. The molecule has 0 aliphatic rings. The van der Waals surface area contributed by atoms with Crippen molar-refractivity contribution in [3.63, 3.8) is 0 Å². The first-order valence-electron chi connectivity index (χ1n) is 14.5. The van der Waals surface area contributed by atoms with Crippen molar-refractivity contribution in [1.82, 2.24) is 10.2 Å². The van der Waals surface area contributed by atoms with Gasteiger partial charge >= 0.3 is 0 Å². The van der Waals surface area contributed by atoms with Gasteiger partial charge in [0.25, 0.3) is 10.0 Å². The smallest absolute Gasteiger partial charge is 0.264 e. The third kappa shape index (κ3) is 9.18. The van der Waals surface area contributed by atoms with Gasteiger partial charge in [0.15, 0.2) is 0 Å². The van der Waals surface area contributed by atoms with Gasteiger partial charge in [0.1, 0.15) is 18.3 Å². The summed E-state index contributed by atoms with van der Waals surface area (Å²) in [6.07, 6.45) is 0.223. The predicted molar refractivity (Wildman–Crippen MR) is 180 cm³/mol. The van der Waals surface area contributed by atoms with Crippen LogP contribution < -0.4 is 14.4 Å². The molecule has 236 valence electrons. The molecule has 0 heterocycles. The van der Waals surface area contributed by atoms with Crippen LogP contribution in [0.1, 0.15) is 31.9 Å². The molecule has 4 aromatic rings. The quantitative estimate of drug-likeness (QED) is 0.191. The Labute approximate surface area is 274 Å². The lowest BCUT2D eigenvalue weighted by Gasteiger charge is -2.35. The second-order valence-corrected chi connectivity index (χ2v) is 14.4. The molecule has 4 aromatic carbocycles. The molecule has 0 aromatic heterocycles. The molecule has 0 radical (unpaired) electrons. The SMILES string of the molecule is COc1cccc(CN(C(=O)CN(c2cccc(Br)c2)S(=O)(=O)c2ccccc2)[C@@H](Cc2ccccc2)C(=O)NC(C)(C)C)c1. The van der Waals surface area contributed by atoms with Crippen molar-refractivity contribution in [3.8, 4) is 5.75 Å². The lowest BCUT2D eigenvalue weighted by atomic mass is 10.0. The first-order valence-corrected chi connectivity index (χ1v) is 16.7. The van der Waals surface area contributed by atoms with Gasteiger partial charge in [0, 0.05) is 23.0 Å². The Bertz CT molecular complexity index is 1710. The van der Waals surface area contributed by atoms with Crippen molar-refractivity contribution >= 4 is 43.5 Å². The minimum atomic E-state index is -4.17. The fourth-order valence-corrected chi connectivity index (χ4v) is 6.67. The molecule has 0 spiro atoms.